The van der Waals surface area contributed by atoms with Crippen LogP contribution in [-0.4, -0.2) is 31.8 Å². The Morgan fingerprint density at radius 2 is 1.28 bits per heavy atom. The van der Waals surface area contributed by atoms with Gasteiger partial charge in [-0.25, -0.2) is 0 Å². The highest BCUT2D eigenvalue weighted by molar-refractivity contribution is 6.11. The quantitative estimate of drug-likeness (QED) is 0.119. The molecule has 0 saturated heterocycles. The molecule has 2 amide bonds. The molecule has 0 aromatic heterocycles. The summed E-state index contributed by atoms with van der Waals surface area (Å²) in [4.78, 5) is 39.4. The number of rotatable bonds is 11. The van der Waals surface area contributed by atoms with Crippen molar-refractivity contribution in [2.45, 2.75) is 0 Å². The van der Waals surface area contributed by atoms with Crippen molar-refractivity contribution in [2.75, 3.05) is 19.5 Å². The van der Waals surface area contributed by atoms with Crippen molar-refractivity contribution in [3.8, 4) is 22.6 Å². The Kier molecular flexibility index (Phi) is 10.2. The second kappa shape index (κ2) is 15.0. The third-order valence-electron chi connectivity index (χ3n) is 7.13. The number of carbonyl (C=O) groups is 3. The van der Waals surface area contributed by atoms with Crippen LogP contribution >= 0.6 is 0 Å². The molecule has 5 aromatic carbocycles. The predicted octanol–water partition coefficient (Wildman–Crippen LogP) is 7.68. The molecule has 0 aliphatic heterocycles. The number of ether oxygens (including phenoxy) is 2. The number of ketones is 1. The Balaban J connectivity index is 1.33. The molecule has 0 unspecified atom stereocenters. The minimum Gasteiger partial charge on any atom is -0.493 e. The Hall–Kier alpha value is -6.21. The summed E-state index contributed by atoms with van der Waals surface area (Å²) in [5, 5.41) is 5.58. The van der Waals surface area contributed by atoms with E-state index in [2.05, 4.69) is 10.6 Å². The first-order chi connectivity index (χ1) is 22.4. The fourth-order valence-corrected chi connectivity index (χ4v) is 4.73. The van der Waals surface area contributed by atoms with Gasteiger partial charge in [-0.2, -0.15) is 0 Å². The summed E-state index contributed by atoms with van der Waals surface area (Å²) >= 11 is 0. The third kappa shape index (κ3) is 7.84. The fraction of sp³-hybridized carbons (Fsp3) is 0.0513. The first-order valence-corrected chi connectivity index (χ1v) is 14.5. The van der Waals surface area contributed by atoms with Gasteiger partial charge in [0.1, 0.15) is 5.70 Å². The Bertz CT molecular complexity index is 1880. The minimum absolute atomic E-state index is 0.0663. The molecule has 5 rings (SSSR count). The number of nitrogens with one attached hydrogen (secondary N) is 2. The maximum absolute atomic E-state index is 13.5. The van der Waals surface area contributed by atoms with Gasteiger partial charge in [0.2, 0.25) is 0 Å². The van der Waals surface area contributed by atoms with Crippen molar-refractivity contribution in [3.63, 3.8) is 0 Å². The van der Waals surface area contributed by atoms with E-state index in [1.165, 1.54) is 6.08 Å². The Morgan fingerprint density at radius 3 is 1.93 bits per heavy atom. The minimum atomic E-state index is -0.513. The number of para-hydroxylation sites is 1. The molecule has 0 bridgehead atoms. The lowest BCUT2D eigenvalue weighted by Crippen LogP contribution is -2.30. The molecule has 0 saturated carbocycles. The van der Waals surface area contributed by atoms with Crippen molar-refractivity contribution < 1.29 is 23.9 Å². The van der Waals surface area contributed by atoms with Crippen molar-refractivity contribution in [1.29, 1.82) is 0 Å². The summed E-state index contributed by atoms with van der Waals surface area (Å²) < 4.78 is 10.8. The number of hydrogen-bond acceptors (Lipinski definition) is 5. The van der Waals surface area contributed by atoms with Crippen LogP contribution in [0, 0.1) is 0 Å². The van der Waals surface area contributed by atoms with Crippen LogP contribution < -0.4 is 20.1 Å². The highest BCUT2D eigenvalue weighted by Gasteiger charge is 2.16. The molecular formula is C39H32N2O5. The van der Waals surface area contributed by atoms with E-state index in [1.54, 1.807) is 81.0 Å². The number of carbonyl (C=O) groups excluding carboxylic acids is 3. The van der Waals surface area contributed by atoms with Gasteiger partial charge in [0.05, 0.1) is 14.2 Å². The van der Waals surface area contributed by atoms with Crippen LogP contribution in [0.4, 0.5) is 5.69 Å². The second-order valence-corrected chi connectivity index (χ2v) is 10.2. The lowest BCUT2D eigenvalue weighted by atomic mass is 10.0. The highest BCUT2D eigenvalue weighted by atomic mass is 16.5. The van der Waals surface area contributed by atoms with E-state index in [9.17, 15) is 14.4 Å². The molecule has 0 radical (unpaired) electrons. The summed E-state index contributed by atoms with van der Waals surface area (Å²) in [6, 6.07) is 38.3. The van der Waals surface area contributed by atoms with E-state index in [0.29, 0.717) is 33.9 Å². The van der Waals surface area contributed by atoms with E-state index in [-0.39, 0.29) is 11.5 Å². The van der Waals surface area contributed by atoms with Crippen LogP contribution in [0.15, 0.2) is 139 Å². The lowest BCUT2D eigenvalue weighted by Gasteiger charge is -2.12. The van der Waals surface area contributed by atoms with Crippen LogP contribution in [0.5, 0.6) is 11.5 Å². The zero-order chi connectivity index (χ0) is 32.3. The van der Waals surface area contributed by atoms with Gasteiger partial charge in [-0.05, 0) is 77.4 Å². The van der Waals surface area contributed by atoms with Gasteiger partial charge in [0, 0.05) is 22.4 Å². The Morgan fingerprint density at radius 1 is 0.630 bits per heavy atom. The van der Waals surface area contributed by atoms with Gasteiger partial charge in [-0.3, -0.25) is 14.4 Å². The number of hydrogen-bond donors (Lipinski definition) is 2. The summed E-state index contributed by atoms with van der Waals surface area (Å²) in [5.74, 6) is -0.0570. The van der Waals surface area contributed by atoms with Gasteiger partial charge in [0.25, 0.3) is 11.8 Å². The van der Waals surface area contributed by atoms with Crippen molar-refractivity contribution in [3.05, 3.63) is 161 Å². The average molecular weight is 609 g/mol. The van der Waals surface area contributed by atoms with Gasteiger partial charge in [-0.1, -0.05) is 84.9 Å². The zero-order valence-electron chi connectivity index (χ0n) is 25.4. The van der Waals surface area contributed by atoms with Crippen LogP contribution in [-0.2, 0) is 4.79 Å². The first-order valence-electron chi connectivity index (χ1n) is 14.5. The Labute approximate surface area is 267 Å². The van der Waals surface area contributed by atoms with E-state index < -0.39 is 11.8 Å². The number of amides is 2. The molecule has 7 heteroatoms. The molecule has 228 valence electrons. The summed E-state index contributed by atoms with van der Waals surface area (Å²) in [5.41, 5.74) is 4.92. The monoisotopic (exact) mass is 608 g/mol. The van der Waals surface area contributed by atoms with Gasteiger partial charge >= 0.3 is 0 Å². The number of benzene rings is 5. The van der Waals surface area contributed by atoms with Crippen molar-refractivity contribution in [2.24, 2.45) is 0 Å². The largest absolute Gasteiger partial charge is 0.493 e. The molecule has 2 N–H and O–H groups in total. The molecular weight excluding hydrogens is 576 g/mol. The SMILES string of the molecule is COc1cccc(/C=C/C(=O)c2ccc(NC(=O)/C(=C/c3ccc(-c4ccccc4)cc3)NC(=O)c3ccccc3)cc2)c1OC. The van der Waals surface area contributed by atoms with E-state index in [1.807, 2.05) is 72.8 Å². The fourth-order valence-electron chi connectivity index (χ4n) is 4.73. The lowest BCUT2D eigenvalue weighted by molar-refractivity contribution is -0.113. The maximum atomic E-state index is 13.5. The first kappa shape index (κ1) is 31.2. The molecule has 0 fully saturated rings. The molecule has 0 aliphatic rings. The predicted molar refractivity (Wildman–Crippen MR) is 182 cm³/mol. The topological polar surface area (TPSA) is 93.7 Å². The van der Waals surface area contributed by atoms with E-state index in [4.69, 9.17) is 9.47 Å². The summed E-state index contributed by atoms with van der Waals surface area (Å²) in [7, 11) is 3.09. The van der Waals surface area contributed by atoms with E-state index >= 15 is 0 Å². The number of anilines is 1. The van der Waals surface area contributed by atoms with Gasteiger partial charge < -0.3 is 20.1 Å². The van der Waals surface area contributed by atoms with Crippen LogP contribution in [0.2, 0.25) is 0 Å². The van der Waals surface area contributed by atoms with Crippen LogP contribution in [0.25, 0.3) is 23.3 Å². The zero-order valence-corrected chi connectivity index (χ0v) is 25.4. The van der Waals surface area contributed by atoms with E-state index in [0.717, 1.165) is 16.7 Å². The molecule has 0 aliphatic carbocycles. The number of methoxy groups -OCH3 is 2. The van der Waals surface area contributed by atoms with Crippen LogP contribution in [0.1, 0.15) is 31.8 Å². The molecule has 0 heterocycles. The molecule has 0 spiro atoms. The van der Waals surface area contributed by atoms with Crippen molar-refractivity contribution >= 4 is 35.4 Å². The highest BCUT2D eigenvalue weighted by Crippen LogP contribution is 2.31. The molecule has 7 nitrogen and oxygen atoms in total. The number of allylic oxidation sites excluding steroid dienone is 1. The van der Waals surface area contributed by atoms with Crippen LogP contribution in [0.3, 0.4) is 0 Å². The summed E-state index contributed by atoms with van der Waals surface area (Å²) in [6.45, 7) is 0. The summed E-state index contributed by atoms with van der Waals surface area (Å²) in [6.07, 6.45) is 4.74. The average Bonchev–Trinajstić information content (AvgIpc) is 3.11. The standard InChI is InChI=1S/C39H32N2O5/c1-45-36-15-9-14-31(37(36)46-2)22-25-35(42)30-20-23-33(24-21-30)40-39(44)34(41-38(43)32-12-7-4-8-13-32)26-27-16-18-29(19-17-27)28-10-5-3-6-11-28/h3-26H,1-2H3,(H,40,44)(H,41,43)/b25-22+,34-26-. The third-order valence-corrected chi connectivity index (χ3v) is 7.13. The maximum Gasteiger partial charge on any atom is 0.272 e. The van der Waals surface area contributed by atoms with Crippen molar-refractivity contribution in [1.82, 2.24) is 5.32 Å². The molecule has 0 atom stereocenters. The van der Waals surface area contributed by atoms with Gasteiger partial charge in [0.15, 0.2) is 17.3 Å². The smallest absolute Gasteiger partial charge is 0.272 e. The van der Waals surface area contributed by atoms with Gasteiger partial charge in [-0.15, -0.1) is 0 Å². The normalized spacial score (nSPS) is 11.1. The molecule has 46 heavy (non-hydrogen) atoms. The second-order valence-electron chi connectivity index (χ2n) is 10.2. The molecule has 5 aromatic rings.